The summed E-state index contributed by atoms with van der Waals surface area (Å²) in [5, 5.41) is 11.5. The summed E-state index contributed by atoms with van der Waals surface area (Å²) in [6.07, 6.45) is 0. The van der Waals surface area contributed by atoms with Crippen LogP contribution in [0.5, 0.6) is 5.88 Å². The lowest BCUT2D eigenvalue weighted by atomic mass is 10.00. The molecule has 6 N–H and O–H groups in total. The summed E-state index contributed by atoms with van der Waals surface area (Å²) in [6, 6.07) is 22.2. The lowest BCUT2D eigenvalue weighted by Crippen LogP contribution is -2.22. The second kappa shape index (κ2) is 9.27. The normalized spacial score (nSPS) is 11.4. The lowest BCUT2D eigenvalue weighted by Gasteiger charge is -2.08. The van der Waals surface area contributed by atoms with E-state index in [1.54, 1.807) is 18.2 Å². The molecule has 0 aliphatic rings. The molecule has 0 aliphatic heterocycles. The number of methoxy groups -OCH3 is 1. The minimum absolute atomic E-state index is 0.0358. The molecule has 8 heteroatoms. The number of aromatic amines is 1. The molecule has 0 fully saturated rings. The highest BCUT2D eigenvalue weighted by atomic mass is 16.5. The summed E-state index contributed by atoms with van der Waals surface area (Å²) in [5.41, 5.74) is 15.4. The van der Waals surface area contributed by atoms with Gasteiger partial charge in [-0.15, -0.1) is 0 Å². The van der Waals surface area contributed by atoms with E-state index in [0.29, 0.717) is 34.6 Å². The highest BCUT2D eigenvalue weighted by Gasteiger charge is 2.20. The molecular formula is C25H23N5O3. The number of carbonyl (C=O) groups is 1. The Morgan fingerprint density at radius 3 is 2.39 bits per heavy atom. The van der Waals surface area contributed by atoms with E-state index in [2.05, 4.69) is 9.98 Å². The quantitative estimate of drug-likeness (QED) is 0.206. The van der Waals surface area contributed by atoms with Crippen LogP contribution in [0.3, 0.4) is 0 Å². The number of esters is 1. The number of guanidine groups is 1. The predicted molar refractivity (Wildman–Crippen MR) is 129 cm³/mol. The molecule has 1 heterocycles. The topological polar surface area (TPSA) is 139 Å². The molecule has 0 saturated carbocycles. The van der Waals surface area contributed by atoms with E-state index in [0.717, 1.165) is 16.5 Å². The summed E-state index contributed by atoms with van der Waals surface area (Å²) in [6.45, 7) is 0.379. The van der Waals surface area contributed by atoms with Crippen molar-refractivity contribution in [1.82, 2.24) is 4.98 Å². The van der Waals surface area contributed by atoms with E-state index in [-0.39, 0.29) is 11.8 Å². The maximum atomic E-state index is 11.9. The van der Waals surface area contributed by atoms with Crippen molar-refractivity contribution >= 4 is 34.2 Å². The van der Waals surface area contributed by atoms with Crippen molar-refractivity contribution < 1.29 is 14.6 Å². The van der Waals surface area contributed by atoms with Crippen molar-refractivity contribution in [3.8, 4) is 5.88 Å². The van der Waals surface area contributed by atoms with Crippen molar-refractivity contribution in [2.24, 2.45) is 21.5 Å². The van der Waals surface area contributed by atoms with Gasteiger partial charge in [-0.2, -0.15) is 0 Å². The summed E-state index contributed by atoms with van der Waals surface area (Å²) < 4.78 is 4.80. The first-order chi connectivity index (χ1) is 16.0. The molecule has 4 rings (SSSR count). The van der Waals surface area contributed by atoms with Gasteiger partial charge in [0.15, 0.2) is 11.8 Å². The third kappa shape index (κ3) is 4.69. The second-order valence-electron chi connectivity index (χ2n) is 7.33. The number of carbonyl (C=O) groups excluding carboxylic acids is 1. The van der Waals surface area contributed by atoms with Gasteiger partial charge in [0, 0.05) is 16.5 Å². The van der Waals surface area contributed by atoms with Crippen molar-refractivity contribution in [1.29, 1.82) is 0 Å². The Hall–Kier alpha value is -4.59. The molecule has 33 heavy (non-hydrogen) atoms. The van der Waals surface area contributed by atoms with E-state index < -0.39 is 5.97 Å². The maximum absolute atomic E-state index is 11.9. The van der Waals surface area contributed by atoms with Crippen molar-refractivity contribution in [3.63, 3.8) is 0 Å². The van der Waals surface area contributed by atoms with E-state index in [4.69, 9.17) is 21.2 Å². The molecule has 8 nitrogen and oxygen atoms in total. The number of hydrogen-bond acceptors (Lipinski definition) is 5. The van der Waals surface area contributed by atoms with Crippen LogP contribution in [0.1, 0.15) is 27.0 Å². The molecule has 0 bridgehead atoms. The average molecular weight is 441 g/mol. The minimum Gasteiger partial charge on any atom is -0.494 e. The van der Waals surface area contributed by atoms with Crippen LogP contribution in [-0.2, 0) is 11.3 Å². The zero-order valence-electron chi connectivity index (χ0n) is 17.9. The minimum atomic E-state index is -0.453. The average Bonchev–Trinajstić information content (AvgIpc) is 3.16. The Kier molecular flexibility index (Phi) is 6.08. The van der Waals surface area contributed by atoms with Crippen molar-refractivity contribution in [2.45, 2.75) is 6.54 Å². The van der Waals surface area contributed by atoms with Crippen LogP contribution in [-0.4, -0.2) is 34.8 Å². The predicted octanol–water partition coefficient (Wildman–Crippen LogP) is 3.60. The zero-order chi connectivity index (χ0) is 23.4. The molecule has 0 amide bonds. The molecule has 0 atom stereocenters. The van der Waals surface area contributed by atoms with Crippen LogP contribution in [0.2, 0.25) is 0 Å². The molecule has 0 radical (unpaired) electrons. The van der Waals surface area contributed by atoms with E-state index >= 15 is 0 Å². The largest absolute Gasteiger partial charge is 0.494 e. The number of hydrogen-bond donors (Lipinski definition) is 4. The van der Waals surface area contributed by atoms with Gasteiger partial charge in [0.05, 0.1) is 36.2 Å². The molecule has 166 valence electrons. The molecule has 0 saturated heterocycles. The van der Waals surface area contributed by atoms with Gasteiger partial charge in [0.25, 0.3) is 0 Å². The molecule has 0 spiro atoms. The van der Waals surface area contributed by atoms with Crippen LogP contribution in [0.4, 0.5) is 5.69 Å². The summed E-state index contributed by atoms with van der Waals surface area (Å²) in [5.74, 6) is -0.460. The van der Waals surface area contributed by atoms with Crippen LogP contribution in [0.25, 0.3) is 10.9 Å². The number of nitrogens with one attached hydrogen (secondary N) is 1. The van der Waals surface area contributed by atoms with Crippen LogP contribution < -0.4 is 11.5 Å². The van der Waals surface area contributed by atoms with Crippen LogP contribution in [0.15, 0.2) is 82.8 Å². The summed E-state index contributed by atoms with van der Waals surface area (Å²) in [7, 11) is 1.33. The standard InChI is InChI=1S/C25H23N5O3/c1-33-24(32)17-9-12-19-20(13-17)30-23(31)21(19)22(16-5-3-2-4-6-16)29-18-10-7-15(8-11-18)14-28-25(26)27/h2-13,30-31H,14H2,1H3,(H4,26,27,28). The zero-order valence-corrected chi connectivity index (χ0v) is 17.9. The van der Waals surface area contributed by atoms with Gasteiger partial charge < -0.3 is 26.3 Å². The van der Waals surface area contributed by atoms with Crippen molar-refractivity contribution in [2.75, 3.05) is 7.11 Å². The van der Waals surface area contributed by atoms with Gasteiger partial charge in [0.1, 0.15) is 0 Å². The molecule has 0 unspecified atom stereocenters. The Morgan fingerprint density at radius 2 is 1.73 bits per heavy atom. The number of ether oxygens (including phenoxy) is 1. The lowest BCUT2D eigenvalue weighted by molar-refractivity contribution is 0.0601. The number of nitrogens with zero attached hydrogens (tertiary/aromatic N) is 2. The number of H-pyrrole nitrogens is 1. The molecule has 0 aliphatic carbocycles. The molecule has 3 aromatic carbocycles. The Balaban J connectivity index is 1.82. The summed E-state index contributed by atoms with van der Waals surface area (Å²) >= 11 is 0. The number of rotatable bonds is 6. The number of fused-ring (bicyclic) bond motifs is 1. The SMILES string of the molecule is COC(=O)c1ccc2c(C(=Nc3ccc(CN=C(N)N)cc3)c3ccccc3)c(O)[nH]c2c1. The van der Waals surface area contributed by atoms with Gasteiger partial charge in [-0.3, -0.25) is 0 Å². The number of aromatic nitrogens is 1. The highest BCUT2D eigenvalue weighted by molar-refractivity contribution is 6.22. The first-order valence-electron chi connectivity index (χ1n) is 10.2. The van der Waals surface area contributed by atoms with Gasteiger partial charge in [-0.1, -0.05) is 48.5 Å². The fourth-order valence-electron chi connectivity index (χ4n) is 3.52. The number of nitrogens with two attached hydrogens (primary N) is 2. The van der Waals surface area contributed by atoms with Crippen LogP contribution >= 0.6 is 0 Å². The number of aliphatic imine (C=N–C) groups is 2. The molecule has 1 aromatic heterocycles. The third-order valence-corrected chi connectivity index (χ3v) is 5.11. The van der Waals surface area contributed by atoms with Crippen LogP contribution in [0, 0.1) is 0 Å². The fourth-order valence-corrected chi connectivity index (χ4v) is 3.52. The first-order valence-corrected chi connectivity index (χ1v) is 10.2. The number of benzene rings is 3. The summed E-state index contributed by atoms with van der Waals surface area (Å²) in [4.78, 5) is 23.7. The Labute approximate surface area is 190 Å². The first kappa shape index (κ1) is 21.6. The van der Waals surface area contributed by atoms with E-state index in [1.165, 1.54) is 7.11 Å². The monoisotopic (exact) mass is 441 g/mol. The highest BCUT2D eigenvalue weighted by Crippen LogP contribution is 2.32. The smallest absolute Gasteiger partial charge is 0.337 e. The fraction of sp³-hybridized carbons (Fsp3) is 0.0800. The second-order valence-corrected chi connectivity index (χ2v) is 7.33. The van der Waals surface area contributed by atoms with E-state index in [1.807, 2.05) is 54.6 Å². The maximum Gasteiger partial charge on any atom is 0.337 e. The Morgan fingerprint density at radius 1 is 1.00 bits per heavy atom. The van der Waals surface area contributed by atoms with Gasteiger partial charge in [-0.25, -0.2) is 14.8 Å². The molecular weight excluding hydrogens is 418 g/mol. The molecule has 4 aromatic rings. The van der Waals surface area contributed by atoms with E-state index in [9.17, 15) is 9.90 Å². The van der Waals surface area contributed by atoms with Gasteiger partial charge >= 0.3 is 5.97 Å². The van der Waals surface area contributed by atoms with Gasteiger partial charge in [0.2, 0.25) is 0 Å². The Bertz CT molecular complexity index is 1350. The van der Waals surface area contributed by atoms with Gasteiger partial charge in [-0.05, 0) is 29.8 Å². The number of aromatic hydroxyl groups is 1. The van der Waals surface area contributed by atoms with Crippen molar-refractivity contribution in [3.05, 3.63) is 95.1 Å². The third-order valence-electron chi connectivity index (χ3n) is 5.11.